The fourth-order valence-corrected chi connectivity index (χ4v) is 2.54. The van der Waals surface area contributed by atoms with Gasteiger partial charge in [0.1, 0.15) is 17.7 Å². The Labute approximate surface area is 127 Å². The smallest absolute Gasteiger partial charge is 0.201 e. The van der Waals surface area contributed by atoms with E-state index in [0.717, 1.165) is 28.6 Å². The molecule has 2 aromatic heterocycles. The normalized spacial score (nSPS) is 11.0. The number of hydrogen-bond donors (Lipinski definition) is 2. The minimum Gasteiger partial charge on any atom is -0.506 e. The number of aromatic hydroxyl groups is 1. The van der Waals surface area contributed by atoms with Crippen LogP contribution in [-0.4, -0.2) is 25.9 Å². The summed E-state index contributed by atoms with van der Waals surface area (Å²) in [7, 11) is 0. The molecule has 0 bridgehead atoms. The summed E-state index contributed by atoms with van der Waals surface area (Å²) in [6.07, 6.45) is 0.794. The van der Waals surface area contributed by atoms with Crippen molar-refractivity contribution in [2.24, 2.45) is 0 Å². The molecule has 0 aliphatic heterocycles. The first-order chi connectivity index (χ1) is 10.5. The lowest BCUT2D eigenvalue weighted by Crippen LogP contribution is -2.07. The Morgan fingerprint density at radius 3 is 2.77 bits per heavy atom. The summed E-state index contributed by atoms with van der Waals surface area (Å²) in [5.74, 6) is 0.430. The minimum atomic E-state index is 0.107. The molecule has 0 spiro atoms. The predicted octanol–water partition coefficient (Wildman–Crippen LogP) is 2.20. The third kappa shape index (κ3) is 2.28. The van der Waals surface area contributed by atoms with Gasteiger partial charge in [-0.3, -0.25) is 9.78 Å². The monoisotopic (exact) mass is 296 g/mol. The number of nitrogens with zero attached hydrogens (tertiary/aromatic N) is 3. The van der Waals surface area contributed by atoms with Gasteiger partial charge in [0.2, 0.25) is 5.95 Å². The van der Waals surface area contributed by atoms with Gasteiger partial charge in [-0.1, -0.05) is 0 Å². The minimum absolute atomic E-state index is 0.107. The number of anilines is 1. The van der Waals surface area contributed by atoms with Gasteiger partial charge in [-0.2, -0.15) is 0 Å². The molecule has 0 saturated heterocycles. The number of aromatic nitrogens is 3. The number of imidazole rings is 1. The second-order valence-electron chi connectivity index (χ2n) is 5.30. The highest BCUT2D eigenvalue weighted by atomic mass is 16.3. The van der Waals surface area contributed by atoms with Crippen molar-refractivity contribution in [2.45, 2.75) is 20.4 Å². The number of hydrogen-bond acceptors (Lipinski definition) is 5. The topological polar surface area (TPSA) is 94.0 Å². The number of aldehydes is 1. The molecule has 6 heteroatoms. The molecule has 3 N–H and O–H groups in total. The van der Waals surface area contributed by atoms with Crippen LogP contribution in [0.5, 0.6) is 5.75 Å². The third-order valence-electron chi connectivity index (χ3n) is 3.63. The van der Waals surface area contributed by atoms with Crippen molar-refractivity contribution in [3.8, 4) is 5.75 Å². The van der Waals surface area contributed by atoms with Crippen LogP contribution in [0.25, 0.3) is 11.0 Å². The number of carbonyl (C=O) groups is 1. The van der Waals surface area contributed by atoms with Crippen LogP contribution in [0.3, 0.4) is 0 Å². The predicted molar refractivity (Wildman–Crippen MR) is 84.0 cm³/mol. The van der Waals surface area contributed by atoms with E-state index in [0.29, 0.717) is 17.2 Å². The molecule has 0 unspecified atom stereocenters. The molecule has 3 rings (SSSR count). The summed E-state index contributed by atoms with van der Waals surface area (Å²) in [5, 5.41) is 9.96. The average molecular weight is 296 g/mol. The van der Waals surface area contributed by atoms with Crippen molar-refractivity contribution in [3.05, 3.63) is 46.8 Å². The van der Waals surface area contributed by atoms with Crippen molar-refractivity contribution >= 4 is 23.3 Å². The molecule has 1 aromatic carbocycles. The second-order valence-corrected chi connectivity index (χ2v) is 5.30. The van der Waals surface area contributed by atoms with Crippen molar-refractivity contribution < 1.29 is 9.90 Å². The fraction of sp³-hybridized carbons (Fsp3) is 0.188. The van der Waals surface area contributed by atoms with Gasteiger partial charge < -0.3 is 15.4 Å². The van der Waals surface area contributed by atoms with E-state index in [2.05, 4.69) is 9.97 Å². The molecule has 0 fully saturated rings. The summed E-state index contributed by atoms with van der Waals surface area (Å²) < 4.78 is 1.75. The second kappa shape index (κ2) is 5.14. The van der Waals surface area contributed by atoms with Crippen LogP contribution in [-0.2, 0) is 6.54 Å². The van der Waals surface area contributed by atoms with Crippen LogP contribution in [0, 0.1) is 13.8 Å². The Balaban J connectivity index is 2.18. The molecule has 0 aliphatic carbocycles. The van der Waals surface area contributed by atoms with Gasteiger partial charge >= 0.3 is 0 Å². The maximum Gasteiger partial charge on any atom is 0.201 e. The number of pyridine rings is 1. The van der Waals surface area contributed by atoms with E-state index < -0.39 is 0 Å². The largest absolute Gasteiger partial charge is 0.506 e. The Hall–Kier alpha value is -2.89. The molecule has 2 heterocycles. The molecule has 22 heavy (non-hydrogen) atoms. The van der Waals surface area contributed by atoms with E-state index in [9.17, 15) is 9.90 Å². The van der Waals surface area contributed by atoms with Crippen molar-refractivity contribution in [1.82, 2.24) is 14.5 Å². The molecular formula is C16H16N4O2. The molecule has 0 aliphatic rings. The number of aryl methyl sites for hydroxylation is 2. The zero-order chi connectivity index (χ0) is 15.9. The Kier molecular flexibility index (Phi) is 3.29. The fourth-order valence-electron chi connectivity index (χ4n) is 2.54. The molecule has 0 amide bonds. The van der Waals surface area contributed by atoms with E-state index in [1.54, 1.807) is 28.8 Å². The molecule has 3 aromatic rings. The maximum atomic E-state index is 11.1. The first-order valence-electron chi connectivity index (χ1n) is 6.86. The summed E-state index contributed by atoms with van der Waals surface area (Å²) in [6, 6.07) is 6.86. The number of fused-ring (bicyclic) bond motifs is 1. The lowest BCUT2D eigenvalue weighted by Gasteiger charge is -2.09. The van der Waals surface area contributed by atoms with Crippen LogP contribution in [0.1, 0.15) is 27.3 Å². The Bertz CT molecular complexity index is 883. The quantitative estimate of drug-likeness (QED) is 0.723. The lowest BCUT2D eigenvalue weighted by atomic mass is 10.1. The molecule has 0 radical (unpaired) electrons. The van der Waals surface area contributed by atoms with Crippen LogP contribution >= 0.6 is 0 Å². The molecule has 0 atom stereocenters. The van der Waals surface area contributed by atoms with Gasteiger partial charge in [0, 0.05) is 11.3 Å². The molecule has 6 nitrogen and oxygen atoms in total. The SMILES string of the molecule is Cc1ccc(O)c(Cn2c(N)nc3c(C)cc(C=O)cc32)n1. The third-order valence-corrected chi connectivity index (χ3v) is 3.63. The van der Waals surface area contributed by atoms with Crippen molar-refractivity contribution in [2.75, 3.05) is 5.73 Å². The van der Waals surface area contributed by atoms with E-state index in [4.69, 9.17) is 5.73 Å². The molecular weight excluding hydrogens is 280 g/mol. The van der Waals surface area contributed by atoms with Crippen molar-refractivity contribution in [1.29, 1.82) is 0 Å². The van der Waals surface area contributed by atoms with Gasteiger partial charge in [0.25, 0.3) is 0 Å². The van der Waals surface area contributed by atoms with Crippen LogP contribution in [0.4, 0.5) is 5.95 Å². The van der Waals surface area contributed by atoms with Crippen LogP contribution in [0.15, 0.2) is 24.3 Å². The van der Waals surface area contributed by atoms with Crippen LogP contribution in [0.2, 0.25) is 0 Å². The number of benzene rings is 1. The van der Waals surface area contributed by atoms with Gasteiger partial charge in [-0.05, 0) is 43.7 Å². The lowest BCUT2D eigenvalue weighted by molar-refractivity contribution is 0.112. The van der Waals surface area contributed by atoms with Crippen molar-refractivity contribution in [3.63, 3.8) is 0 Å². The van der Waals surface area contributed by atoms with E-state index in [-0.39, 0.29) is 12.3 Å². The summed E-state index contributed by atoms with van der Waals surface area (Å²) in [4.78, 5) is 19.8. The van der Waals surface area contributed by atoms with E-state index in [1.807, 2.05) is 13.8 Å². The first kappa shape index (κ1) is 14.1. The van der Waals surface area contributed by atoms with Gasteiger partial charge in [-0.25, -0.2) is 4.98 Å². The van der Waals surface area contributed by atoms with Gasteiger partial charge in [0.15, 0.2) is 0 Å². The zero-order valence-electron chi connectivity index (χ0n) is 12.4. The summed E-state index contributed by atoms with van der Waals surface area (Å²) >= 11 is 0. The highest BCUT2D eigenvalue weighted by molar-refractivity contribution is 5.88. The summed E-state index contributed by atoms with van der Waals surface area (Å²) in [5.41, 5.74) is 10.3. The standard InChI is InChI=1S/C16H16N4O2/c1-9-5-11(8-21)6-13-15(9)19-16(17)20(13)7-12-14(22)4-3-10(2)18-12/h3-6,8,22H,7H2,1-2H3,(H2,17,19). The van der Waals surface area contributed by atoms with Crippen LogP contribution < -0.4 is 5.73 Å². The first-order valence-corrected chi connectivity index (χ1v) is 6.86. The molecule has 112 valence electrons. The van der Waals surface area contributed by atoms with Gasteiger partial charge in [0.05, 0.1) is 17.6 Å². The highest BCUT2D eigenvalue weighted by Gasteiger charge is 2.14. The molecule has 0 saturated carbocycles. The maximum absolute atomic E-state index is 11.1. The van der Waals surface area contributed by atoms with Gasteiger partial charge in [-0.15, -0.1) is 0 Å². The Morgan fingerprint density at radius 1 is 1.27 bits per heavy atom. The average Bonchev–Trinajstić information content (AvgIpc) is 2.80. The number of carbonyl (C=O) groups excluding carboxylic acids is 1. The Morgan fingerprint density at radius 2 is 2.05 bits per heavy atom. The highest BCUT2D eigenvalue weighted by Crippen LogP contribution is 2.25. The number of rotatable bonds is 3. The summed E-state index contributed by atoms with van der Waals surface area (Å²) in [6.45, 7) is 4.03. The number of nitrogen functional groups attached to an aromatic ring is 1. The number of nitrogens with two attached hydrogens (primary N) is 1. The van der Waals surface area contributed by atoms with E-state index in [1.165, 1.54) is 0 Å². The van der Waals surface area contributed by atoms with E-state index >= 15 is 0 Å². The zero-order valence-corrected chi connectivity index (χ0v) is 12.4.